The molecule has 4 aliphatic rings. The number of rotatable bonds is 3. The van der Waals surface area contributed by atoms with Crippen LogP contribution in [-0.4, -0.2) is 59.3 Å². The highest BCUT2D eigenvalue weighted by molar-refractivity contribution is 5.67. The maximum Gasteiger partial charge on any atom is 0.303 e. The molecule has 1 N–H and O–H groups in total. The van der Waals surface area contributed by atoms with Crippen molar-refractivity contribution in [3.05, 3.63) is 12.2 Å². The smallest absolute Gasteiger partial charge is 0.303 e. The first-order valence-electron chi connectivity index (χ1n) is 11.5. The molecule has 0 aromatic carbocycles. The van der Waals surface area contributed by atoms with Gasteiger partial charge in [0.1, 0.15) is 23.4 Å². The van der Waals surface area contributed by atoms with E-state index in [1.54, 1.807) is 0 Å². The first-order valence-corrected chi connectivity index (χ1v) is 11.5. The molecule has 1 spiro atoms. The highest BCUT2D eigenvalue weighted by Crippen LogP contribution is 2.62. The lowest BCUT2D eigenvalue weighted by molar-refractivity contribution is -0.181. The molecule has 31 heavy (non-hydrogen) atoms. The molecule has 0 unspecified atom stereocenters. The summed E-state index contributed by atoms with van der Waals surface area (Å²) < 4.78 is 24.5. The molecule has 7 nitrogen and oxygen atoms in total. The average molecular weight is 437 g/mol. The second-order valence-corrected chi connectivity index (χ2v) is 10.5. The number of aliphatic hydroxyl groups is 1. The van der Waals surface area contributed by atoms with Crippen LogP contribution in [-0.2, 0) is 28.5 Å². The van der Waals surface area contributed by atoms with Crippen LogP contribution < -0.4 is 0 Å². The SMILES string of the molecule is C=C1C[C@@H]2O[C@@H]([C@H]3[C@@H]2[C@]2(CO2)[C@@H](OC(C)=O)C[C@@H]3C(C)C)[C@](C)(OC(C)=O)CC[C@@H]1O. The van der Waals surface area contributed by atoms with Crippen molar-refractivity contribution in [3.8, 4) is 0 Å². The van der Waals surface area contributed by atoms with Crippen molar-refractivity contribution in [2.24, 2.45) is 23.7 Å². The van der Waals surface area contributed by atoms with E-state index in [4.69, 9.17) is 18.9 Å². The van der Waals surface area contributed by atoms with E-state index in [-0.39, 0.29) is 48.0 Å². The zero-order valence-corrected chi connectivity index (χ0v) is 19.3. The molecule has 1 saturated carbocycles. The van der Waals surface area contributed by atoms with Gasteiger partial charge in [-0.25, -0.2) is 0 Å². The van der Waals surface area contributed by atoms with Gasteiger partial charge in [-0.2, -0.15) is 0 Å². The molecule has 7 heteroatoms. The van der Waals surface area contributed by atoms with Gasteiger partial charge in [0.05, 0.1) is 18.8 Å². The number of esters is 2. The van der Waals surface area contributed by atoms with E-state index < -0.39 is 17.3 Å². The zero-order valence-electron chi connectivity index (χ0n) is 19.3. The number of epoxide rings is 1. The largest absolute Gasteiger partial charge is 0.459 e. The molecule has 0 aromatic heterocycles. The van der Waals surface area contributed by atoms with Crippen molar-refractivity contribution in [3.63, 3.8) is 0 Å². The van der Waals surface area contributed by atoms with E-state index in [9.17, 15) is 14.7 Å². The second-order valence-electron chi connectivity index (χ2n) is 10.5. The topological polar surface area (TPSA) is 94.6 Å². The fourth-order valence-corrected chi connectivity index (χ4v) is 6.60. The van der Waals surface area contributed by atoms with E-state index in [0.717, 1.165) is 5.57 Å². The van der Waals surface area contributed by atoms with Crippen molar-refractivity contribution in [2.45, 2.75) is 95.9 Å². The summed E-state index contributed by atoms with van der Waals surface area (Å²) in [6, 6.07) is 0. The van der Waals surface area contributed by atoms with Gasteiger partial charge in [0.25, 0.3) is 0 Å². The molecule has 2 bridgehead atoms. The molecule has 4 fully saturated rings. The predicted octanol–water partition coefficient (Wildman–Crippen LogP) is 2.79. The third kappa shape index (κ3) is 3.83. The van der Waals surface area contributed by atoms with Crippen LogP contribution in [0.2, 0.25) is 0 Å². The Kier molecular flexibility index (Phi) is 5.76. The maximum absolute atomic E-state index is 12.1. The van der Waals surface area contributed by atoms with Gasteiger partial charge < -0.3 is 24.1 Å². The molecule has 0 aromatic rings. The van der Waals surface area contributed by atoms with Gasteiger partial charge in [-0.15, -0.1) is 0 Å². The third-order valence-electron chi connectivity index (χ3n) is 8.05. The van der Waals surface area contributed by atoms with Gasteiger partial charge in [-0.1, -0.05) is 20.4 Å². The summed E-state index contributed by atoms with van der Waals surface area (Å²) >= 11 is 0. The Morgan fingerprint density at radius 2 is 1.94 bits per heavy atom. The van der Waals surface area contributed by atoms with E-state index in [1.807, 2.05) is 6.92 Å². The van der Waals surface area contributed by atoms with Gasteiger partial charge >= 0.3 is 11.9 Å². The van der Waals surface area contributed by atoms with Crippen molar-refractivity contribution in [1.82, 2.24) is 0 Å². The summed E-state index contributed by atoms with van der Waals surface area (Å²) in [4.78, 5) is 24.0. The Morgan fingerprint density at radius 3 is 2.48 bits per heavy atom. The normalized spacial score (nSPS) is 46.7. The van der Waals surface area contributed by atoms with E-state index in [2.05, 4.69) is 20.4 Å². The number of carbonyl (C=O) groups excluding carboxylic acids is 2. The van der Waals surface area contributed by atoms with Crippen LogP contribution in [0.3, 0.4) is 0 Å². The Bertz CT molecular complexity index is 757. The predicted molar refractivity (Wildman–Crippen MR) is 112 cm³/mol. The summed E-state index contributed by atoms with van der Waals surface area (Å²) in [6.07, 6.45) is 0.590. The number of fused-ring (bicyclic) bond motifs is 6. The number of aliphatic hydroxyl groups excluding tert-OH is 1. The van der Waals surface area contributed by atoms with Crippen molar-refractivity contribution in [2.75, 3.05) is 6.61 Å². The van der Waals surface area contributed by atoms with Crippen molar-refractivity contribution in [1.29, 1.82) is 0 Å². The average Bonchev–Trinajstić information content (AvgIpc) is 3.34. The lowest BCUT2D eigenvalue weighted by Crippen LogP contribution is -2.58. The number of carbonyl (C=O) groups is 2. The highest BCUT2D eigenvalue weighted by atomic mass is 16.6. The summed E-state index contributed by atoms with van der Waals surface area (Å²) in [5, 5.41) is 10.7. The van der Waals surface area contributed by atoms with E-state index in [0.29, 0.717) is 38.2 Å². The molecule has 3 heterocycles. The Balaban J connectivity index is 1.80. The number of hydrogen-bond acceptors (Lipinski definition) is 7. The summed E-state index contributed by atoms with van der Waals surface area (Å²) in [6.45, 7) is 13.8. The van der Waals surface area contributed by atoms with Crippen LogP contribution in [0.25, 0.3) is 0 Å². The van der Waals surface area contributed by atoms with Gasteiger partial charge in [0.2, 0.25) is 0 Å². The summed E-state index contributed by atoms with van der Waals surface area (Å²) in [5.41, 5.74) is -0.724. The van der Waals surface area contributed by atoms with Gasteiger partial charge in [-0.05, 0) is 50.0 Å². The van der Waals surface area contributed by atoms with Gasteiger partial charge in [0.15, 0.2) is 0 Å². The monoisotopic (exact) mass is 436 g/mol. The Hall–Kier alpha value is -1.44. The van der Waals surface area contributed by atoms with E-state index >= 15 is 0 Å². The molecule has 1 aliphatic carbocycles. The first kappa shape index (κ1) is 22.7. The Labute approximate surface area is 184 Å². The molecule has 0 radical (unpaired) electrons. The first-order chi connectivity index (χ1) is 14.5. The number of hydrogen-bond donors (Lipinski definition) is 1. The van der Waals surface area contributed by atoms with E-state index in [1.165, 1.54) is 13.8 Å². The molecule has 3 aliphatic heterocycles. The number of ether oxygens (including phenoxy) is 4. The van der Waals surface area contributed by atoms with Crippen molar-refractivity contribution < 1.29 is 33.6 Å². The van der Waals surface area contributed by atoms with Crippen LogP contribution >= 0.6 is 0 Å². The molecule has 3 saturated heterocycles. The molecule has 9 atom stereocenters. The van der Waals surface area contributed by atoms with Crippen LogP contribution in [0.5, 0.6) is 0 Å². The standard InChI is InChI=1S/C24H36O7/c1-12(2)16-10-19(29-14(4)25)24(11-28-24)21-18-9-13(3)17(27)7-8-23(6,31-15(5)26)22(30-18)20(16)21/h12,16-22,27H,3,7-11H2,1-2,4-6H3/t16-,17+,18+,19+,20-,21-,22+,23-,24+/m1/s1. The molecular weight excluding hydrogens is 400 g/mol. The van der Waals surface area contributed by atoms with Gasteiger partial charge in [-0.3, -0.25) is 9.59 Å². The van der Waals surface area contributed by atoms with Crippen LogP contribution in [0.4, 0.5) is 0 Å². The minimum Gasteiger partial charge on any atom is -0.459 e. The Morgan fingerprint density at radius 1 is 1.26 bits per heavy atom. The van der Waals surface area contributed by atoms with Crippen LogP contribution in [0.1, 0.15) is 60.3 Å². The lowest BCUT2D eigenvalue weighted by Gasteiger charge is -2.48. The fourth-order valence-electron chi connectivity index (χ4n) is 6.60. The third-order valence-corrected chi connectivity index (χ3v) is 8.05. The quantitative estimate of drug-likeness (QED) is 0.413. The fraction of sp³-hybridized carbons (Fsp3) is 0.833. The van der Waals surface area contributed by atoms with Crippen LogP contribution in [0.15, 0.2) is 12.2 Å². The minimum absolute atomic E-state index is 0.0278. The maximum atomic E-state index is 12.1. The highest BCUT2D eigenvalue weighted by Gasteiger charge is 2.72. The molecular formula is C24H36O7. The zero-order chi connectivity index (χ0) is 22.7. The molecule has 0 amide bonds. The summed E-state index contributed by atoms with van der Waals surface area (Å²) in [7, 11) is 0. The summed E-state index contributed by atoms with van der Waals surface area (Å²) in [5.74, 6) is -0.0626. The van der Waals surface area contributed by atoms with Gasteiger partial charge in [0, 0.05) is 25.7 Å². The lowest BCUT2D eigenvalue weighted by atomic mass is 9.57. The van der Waals surface area contributed by atoms with Crippen LogP contribution in [0, 0.1) is 23.7 Å². The molecule has 174 valence electrons. The minimum atomic E-state index is -0.868. The molecule has 4 rings (SSSR count). The second kappa shape index (κ2) is 7.85. The van der Waals surface area contributed by atoms with Crippen molar-refractivity contribution >= 4 is 11.9 Å².